The maximum Gasteiger partial charge on any atom is 0.251 e. The average molecular weight is 620 g/mol. The van der Waals surface area contributed by atoms with Gasteiger partial charge in [-0.2, -0.15) is 0 Å². The van der Waals surface area contributed by atoms with E-state index < -0.39 is 11.7 Å². The zero-order valence-electron chi connectivity index (χ0n) is 22.5. The van der Waals surface area contributed by atoms with Gasteiger partial charge in [-0.3, -0.25) is 19.5 Å². The highest BCUT2D eigenvalue weighted by Crippen LogP contribution is 2.38. The van der Waals surface area contributed by atoms with Gasteiger partial charge in [0.2, 0.25) is 16.8 Å². The number of nitrogens with zero attached hydrogens (tertiary/aromatic N) is 5. The van der Waals surface area contributed by atoms with Crippen LogP contribution in [0.1, 0.15) is 23.1 Å². The van der Waals surface area contributed by atoms with Crippen LogP contribution in [0.25, 0.3) is 5.69 Å². The number of ether oxygens (including phenoxy) is 3. The quantitative estimate of drug-likeness (QED) is 0.165. The van der Waals surface area contributed by atoms with Crippen LogP contribution in [-0.2, 0) is 11.3 Å². The molecule has 4 aromatic rings. The maximum atomic E-state index is 13.7. The molecular weight excluding hydrogens is 594 g/mol. The second kappa shape index (κ2) is 14.1. The first-order valence-electron chi connectivity index (χ1n) is 12.0. The molecule has 0 saturated heterocycles. The molecule has 0 saturated carbocycles. The number of carbonyl (C=O) groups excluding carboxylic acids is 2. The zero-order chi connectivity index (χ0) is 29.4. The number of nitrogens with one attached hydrogen (secondary N) is 2. The van der Waals surface area contributed by atoms with Gasteiger partial charge in [-0.05, 0) is 42.2 Å². The van der Waals surface area contributed by atoms with Crippen LogP contribution in [0.4, 0.5) is 9.52 Å². The molecule has 4 rings (SSSR count). The van der Waals surface area contributed by atoms with Crippen molar-refractivity contribution < 1.29 is 28.2 Å². The van der Waals surface area contributed by atoms with Crippen molar-refractivity contribution in [2.24, 2.45) is 0 Å². The van der Waals surface area contributed by atoms with Crippen molar-refractivity contribution in [2.45, 2.75) is 23.0 Å². The summed E-state index contributed by atoms with van der Waals surface area (Å²) >= 11 is 3.96. The van der Waals surface area contributed by atoms with E-state index in [-0.39, 0.29) is 23.8 Å². The Kier molecular flexibility index (Phi) is 10.4. The lowest BCUT2D eigenvalue weighted by Gasteiger charge is -2.14. The van der Waals surface area contributed by atoms with Gasteiger partial charge in [0.25, 0.3) is 5.91 Å². The van der Waals surface area contributed by atoms with Gasteiger partial charge in [0.1, 0.15) is 5.82 Å². The fraction of sp³-hybridized carbons (Fsp3) is 0.280. The molecular formula is C25H26FN7O5S3. The summed E-state index contributed by atoms with van der Waals surface area (Å²) in [6, 6.07) is 8.78. The first kappa shape index (κ1) is 30.1. The summed E-state index contributed by atoms with van der Waals surface area (Å²) in [5.41, 5.74) is 0.831. The lowest BCUT2D eigenvalue weighted by atomic mass is 10.1. The Morgan fingerprint density at radius 3 is 2.32 bits per heavy atom. The summed E-state index contributed by atoms with van der Waals surface area (Å²) in [5.74, 6) is 1.11. The molecule has 2 N–H and O–H groups in total. The molecule has 0 aliphatic carbocycles. The predicted molar refractivity (Wildman–Crippen MR) is 154 cm³/mol. The van der Waals surface area contributed by atoms with Crippen LogP contribution >= 0.6 is 34.9 Å². The largest absolute Gasteiger partial charge is 0.493 e. The van der Waals surface area contributed by atoms with Gasteiger partial charge in [0, 0.05) is 11.3 Å². The Balaban J connectivity index is 1.51. The molecule has 0 aliphatic rings. The van der Waals surface area contributed by atoms with Crippen molar-refractivity contribution in [2.75, 3.05) is 38.2 Å². The van der Waals surface area contributed by atoms with Crippen molar-refractivity contribution in [1.82, 2.24) is 30.3 Å². The van der Waals surface area contributed by atoms with E-state index in [4.69, 9.17) is 14.2 Å². The molecule has 0 radical (unpaired) electrons. The predicted octanol–water partition coefficient (Wildman–Crippen LogP) is 4.06. The van der Waals surface area contributed by atoms with Gasteiger partial charge >= 0.3 is 0 Å². The molecule has 2 amide bonds. The second-order valence-corrected chi connectivity index (χ2v) is 11.4. The fourth-order valence-electron chi connectivity index (χ4n) is 3.56. The molecule has 16 heteroatoms. The van der Waals surface area contributed by atoms with Crippen LogP contribution in [0, 0.1) is 5.82 Å². The Morgan fingerprint density at radius 1 is 0.976 bits per heavy atom. The van der Waals surface area contributed by atoms with E-state index in [1.54, 1.807) is 16.7 Å². The number of anilines is 1. The van der Waals surface area contributed by atoms with Gasteiger partial charge in [-0.1, -0.05) is 41.8 Å². The molecule has 0 atom stereocenters. The summed E-state index contributed by atoms with van der Waals surface area (Å²) < 4.78 is 32.1. The van der Waals surface area contributed by atoms with Gasteiger partial charge < -0.3 is 19.5 Å². The van der Waals surface area contributed by atoms with Crippen molar-refractivity contribution in [3.05, 3.63) is 53.6 Å². The van der Waals surface area contributed by atoms with Crippen molar-refractivity contribution in [1.29, 1.82) is 0 Å². The topological polar surface area (TPSA) is 142 Å². The van der Waals surface area contributed by atoms with E-state index in [0.29, 0.717) is 39.0 Å². The number of amides is 2. The molecule has 216 valence electrons. The van der Waals surface area contributed by atoms with Gasteiger partial charge in [0.15, 0.2) is 26.8 Å². The number of methoxy groups -OCH3 is 3. The number of aromatic nitrogens is 5. The molecule has 0 aliphatic heterocycles. The van der Waals surface area contributed by atoms with Gasteiger partial charge in [-0.25, -0.2) is 4.39 Å². The number of rotatable bonds is 13. The van der Waals surface area contributed by atoms with Crippen molar-refractivity contribution in [3.8, 4) is 22.9 Å². The average Bonchev–Trinajstić information content (AvgIpc) is 3.60. The van der Waals surface area contributed by atoms with Crippen molar-refractivity contribution in [3.63, 3.8) is 0 Å². The number of halogens is 1. The highest BCUT2D eigenvalue weighted by Gasteiger charge is 2.20. The molecule has 0 fully saturated rings. The highest BCUT2D eigenvalue weighted by molar-refractivity contribution is 8.01. The maximum absolute atomic E-state index is 13.7. The number of hydrogen-bond donors (Lipinski definition) is 2. The lowest BCUT2D eigenvalue weighted by Crippen LogP contribution is -2.25. The minimum absolute atomic E-state index is 0.00690. The number of hydrogen-bond acceptors (Lipinski definition) is 12. The summed E-state index contributed by atoms with van der Waals surface area (Å²) in [5, 5.41) is 22.8. The molecule has 2 heterocycles. The molecule has 0 bridgehead atoms. The monoisotopic (exact) mass is 619 g/mol. The van der Waals surface area contributed by atoms with E-state index >= 15 is 0 Å². The SMILES string of the molecule is CCSc1nnc(NC(=O)CSc2nnc(CNC(=O)c3cc(OC)c(OC)c(OC)c3)n2-c2ccc(F)cc2)s1. The first-order chi connectivity index (χ1) is 19.9. The van der Waals surface area contributed by atoms with Crippen LogP contribution in [0.3, 0.4) is 0 Å². The molecule has 2 aromatic heterocycles. The minimum atomic E-state index is -0.427. The lowest BCUT2D eigenvalue weighted by molar-refractivity contribution is -0.113. The summed E-state index contributed by atoms with van der Waals surface area (Å²) in [7, 11) is 4.39. The molecule has 12 nitrogen and oxygen atoms in total. The van der Waals surface area contributed by atoms with Crippen LogP contribution in [-0.4, -0.2) is 69.6 Å². The van der Waals surface area contributed by atoms with E-state index in [1.165, 1.54) is 68.7 Å². The highest BCUT2D eigenvalue weighted by atomic mass is 32.2. The van der Waals surface area contributed by atoms with Crippen LogP contribution in [0.2, 0.25) is 0 Å². The van der Waals surface area contributed by atoms with E-state index in [2.05, 4.69) is 31.0 Å². The third-order valence-electron chi connectivity index (χ3n) is 5.37. The van der Waals surface area contributed by atoms with E-state index in [9.17, 15) is 14.0 Å². The van der Waals surface area contributed by atoms with E-state index in [1.807, 2.05) is 6.92 Å². The standard InChI is InChI=1S/C25H26FN7O5S3/c1-5-39-25-32-30-23(41-25)28-20(34)13-40-24-31-29-19(33(24)16-8-6-15(26)7-9-16)12-27-22(35)14-10-17(36-2)21(38-4)18(11-14)37-3/h6-11H,5,12-13H2,1-4H3,(H,27,35)(H,28,30,34). The molecule has 0 unspecified atom stereocenters. The minimum Gasteiger partial charge on any atom is -0.493 e. The smallest absolute Gasteiger partial charge is 0.251 e. The van der Waals surface area contributed by atoms with Crippen molar-refractivity contribution >= 4 is 51.8 Å². The zero-order valence-corrected chi connectivity index (χ0v) is 24.9. The van der Waals surface area contributed by atoms with Gasteiger partial charge in [0.05, 0.1) is 33.6 Å². The normalized spacial score (nSPS) is 10.8. The van der Waals surface area contributed by atoms with Crippen LogP contribution in [0.15, 0.2) is 45.9 Å². The van der Waals surface area contributed by atoms with E-state index in [0.717, 1.165) is 21.9 Å². The fourth-order valence-corrected chi connectivity index (χ4v) is 5.99. The Bertz CT molecular complexity index is 1490. The first-order valence-corrected chi connectivity index (χ1v) is 14.8. The molecule has 0 spiro atoms. The number of benzene rings is 2. The summed E-state index contributed by atoms with van der Waals surface area (Å²) in [6.45, 7) is 1.99. The summed E-state index contributed by atoms with van der Waals surface area (Å²) in [4.78, 5) is 25.6. The number of carbonyl (C=O) groups is 2. The third-order valence-corrected chi connectivity index (χ3v) is 8.16. The molecule has 2 aromatic carbocycles. The Hall–Kier alpha value is -3.89. The number of thioether (sulfide) groups is 2. The van der Waals surface area contributed by atoms with Crippen LogP contribution in [0.5, 0.6) is 17.2 Å². The second-order valence-electron chi connectivity index (χ2n) is 7.95. The van der Waals surface area contributed by atoms with Gasteiger partial charge in [-0.15, -0.1) is 20.4 Å². The van der Waals surface area contributed by atoms with Crippen LogP contribution < -0.4 is 24.8 Å². The molecule has 41 heavy (non-hydrogen) atoms. The Labute approximate surface area is 247 Å². The Morgan fingerprint density at radius 2 is 1.68 bits per heavy atom. The third kappa shape index (κ3) is 7.45. The summed E-state index contributed by atoms with van der Waals surface area (Å²) in [6.07, 6.45) is 0.